The molecule has 6 heteroatoms. The maximum absolute atomic E-state index is 13.2. The van der Waals surface area contributed by atoms with Gasteiger partial charge < -0.3 is 15.4 Å². The fraction of sp³-hybridized carbons (Fsp3) is 0.300. The predicted molar refractivity (Wildman–Crippen MR) is 96.7 cm³/mol. The molecule has 2 atom stereocenters. The molecule has 0 aromatic heterocycles. The molecular weight excluding hydrogens is 335 g/mol. The van der Waals surface area contributed by atoms with E-state index < -0.39 is 6.03 Å². The second kappa shape index (κ2) is 8.10. The molecular formula is C20H21FN2O3. The summed E-state index contributed by atoms with van der Waals surface area (Å²) in [6, 6.07) is 12.0. The van der Waals surface area contributed by atoms with Gasteiger partial charge in [-0.2, -0.15) is 0 Å². The summed E-state index contributed by atoms with van der Waals surface area (Å²) < 4.78 is 18.9. The minimum atomic E-state index is -0.407. The minimum absolute atomic E-state index is 0.0717. The summed E-state index contributed by atoms with van der Waals surface area (Å²) in [7, 11) is 0. The highest BCUT2D eigenvalue weighted by atomic mass is 19.1. The number of ether oxygens (including phenoxy) is 1. The van der Waals surface area contributed by atoms with E-state index >= 15 is 0 Å². The molecule has 0 aliphatic carbocycles. The van der Waals surface area contributed by atoms with Gasteiger partial charge in [0, 0.05) is 17.9 Å². The molecule has 2 aromatic carbocycles. The third kappa shape index (κ3) is 4.46. The number of halogens is 1. The average Bonchev–Trinajstić information content (AvgIpc) is 3.15. The molecule has 5 nitrogen and oxygen atoms in total. The molecule has 2 amide bonds. The molecule has 3 rings (SSSR count). The number of anilines is 1. The Bertz CT molecular complexity index is 786. The van der Waals surface area contributed by atoms with Gasteiger partial charge in [-0.15, -0.1) is 0 Å². The number of ketones is 1. The van der Waals surface area contributed by atoms with E-state index in [0.29, 0.717) is 17.9 Å². The number of urea groups is 1. The molecule has 0 saturated carbocycles. The number of carbonyl (C=O) groups excluding carboxylic acids is 2. The highest BCUT2D eigenvalue weighted by molar-refractivity contribution is 5.96. The molecule has 0 bridgehead atoms. The molecule has 0 radical (unpaired) electrons. The lowest BCUT2D eigenvalue weighted by molar-refractivity contribution is 0.0815. The van der Waals surface area contributed by atoms with Gasteiger partial charge in [-0.1, -0.05) is 24.3 Å². The van der Waals surface area contributed by atoms with Gasteiger partial charge >= 0.3 is 6.03 Å². The molecule has 1 heterocycles. The first-order chi connectivity index (χ1) is 12.5. The summed E-state index contributed by atoms with van der Waals surface area (Å²) >= 11 is 0. The number of rotatable bonds is 5. The van der Waals surface area contributed by atoms with E-state index in [0.717, 1.165) is 18.4 Å². The van der Waals surface area contributed by atoms with Crippen LogP contribution < -0.4 is 10.6 Å². The van der Waals surface area contributed by atoms with Gasteiger partial charge in [0.05, 0.1) is 12.1 Å². The first kappa shape index (κ1) is 18.1. The normalized spacial score (nSPS) is 17.5. The number of amides is 2. The number of hydrogen-bond donors (Lipinski definition) is 2. The lowest BCUT2D eigenvalue weighted by Crippen LogP contribution is -2.38. The Morgan fingerprint density at radius 2 is 1.96 bits per heavy atom. The summed E-state index contributed by atoms with van der Waals surface area (Å²) in [5.41, 5.74) is 1.84. The van der Waals surface area contributed by atoms with Crippen molar-refractivity contribution in [3.05, 3.63) is 65.5 Å². The van der Waals surface area contributed by atoms with Crippen LogP contribution in [-0.4, -0.2) is 24.5 Å². The third-order valence-corrected chi connectivity index (χ3v) is 4.38. The SMILES string of the molecule is CC(=O)c1cccc(NC(=O)NC(c2ccc(F)cc2)C2CCCO2)c1. The fourth-order valence-corrected chi connectivity index (χ4v) is 3.05. The van der Waals surface area contributed by atoms with E-state index in [2.05, 4.69) is 10.6 Å². The van der Waals surface area contributed by atoms with Crippen LogP contribution in [0.25, 0.3) is 0 Å². The molecule has 2 aromatic rings. The molecule has 0 spiro atoms. The number of benzene rings is 2. The van der Waals surface area contributed by atoms with Gasteiger partial charge in [0.15, 0.2) is 5.78 Å². The predicted octanol–water partition coefficient (Wildman–Crippen LogP) is 4.07. The molecule has 26 heavy (non-hydrogen) atoms. The van der Waals surface area contributed by atoms with Crippen molar-refractivity contribution in [2.45, 2.75) is 31.9 Å². The summed E-state index contributed by atoms with van der Waals surface area (Å²) in [6.45, 7) is 2.12. The molecule has 1 fully saturated rings. The van der Waals surface area contributed by atoms with E-state index in [-0.39, 0.29) is 23.7 Å². The maximum Gasteiger partial charge on any atom is 0.319 e. The zero-order valence-corrected chi connectivity index (χ0v) is 14.5. The molecule has 1 saturated heterocycles. The first-order valence-electron chi connectivity index (χ1n) is 8.58. The zero-order valence-electron chi connectivity index (χ0n) is 14.5. The fourth-order valence-electron chi connectivity index (χ4n) is 3.05. The Hall–Kier alpha value is -2.73. The van der Waals surface area contributed by atoms with Crippen LogP contribution in [0.5, 0.6) is 0 Å². The number of Topliss-reactive ketones (excluding diaryl/α,β-unsaturated/α-hetero) is 1. The molecule has 1 aliphatic rings. The Kier molecular flexibility index (Phi) is 5.63. The van der Waals surface area contributed by atoms with Crippen molar-refractivity contribution in [1.82, 2.24) is 5.32 Å². The van der Waals surface area contributed by atoms with Crippen molar-refractivity contribution in [3.63, 3.8) is 0 Å². The van der Waals surface area contributed by atoms with Gasteiger partial charge in [0.1, 0.15) is 5.82 Å². The van der Waals surface area contributed by atoms with E-state index in [1.165, 1.54) is 19.1 Å². The highest BCUT2D eigenvalue weighted by Gasteiger charge is 2.28. The van der Waals surface area contributed by atoms with Crippen molar-refractivity contribution in [3.8, 4) is 0 Å². The van der Waals surface area contributed by atoms with Crippen molar-refractivity contribution >= 4 is 17.5 Å². The topological polar surface area (TPSA) is 67.4 Å². The monoisotopic (exact) mass is 356 g/mol. The van der Waals surface area contributed by atoms with Crippen LogP contribution >= 0.6 is 0 Å². The number of carbonyl (C=O) groups is 2. The van der Waals surface area contributed by atoms with Crippen LogP contribution in [0, 0.1) is 5.82 Å². The number of nitrogens with one attached hydrogen (secondary N) is 2. The van der Waals surface area contributed by atoms with Crippen molar-refractivity contribution in [1.29, 1.82) is 0 Å². The van der Waals surface area contributed by atoms with Crippen molar-refractivity contribution in [2.24, 2.45) is 0 Å². The van der Waals surface area contributed by atoms with Gasteiger partial charge in [0.2, 0.25) is 0 Å². The molecule has 2 unspecified atom stereocenters. The summed E-state index contributed by atoms with van der Waals surface area (Å²) in [6.07, 6.45) is 1.59. The lowest BCUT2D eigenvalue weighted by Gasteiger charge is -2.25. The Labute approximate surface area is 151 Å². The molecule has 2 N–H and O–H groups in total. The van der Waals surface area contributed by atoms with Gasteiger partial charge in [-0.25, -0.2) is 9.18 Å². The quantitative estimate of drug-likeness (QED) is 0.794. The highest BCUT2D eigenvalue weighted by Crippen LogP contribution is 2.27. The van der Waals surface area contributed by atoms with Crippen LogP contribution in [0.15, 0.2) is 48.5 Å². The molecule has 1 aliphatic heterocycles. The second-order valence-electron chi connectivity index (χ2n) is 6.32. The standard InChI is InChI=1S/C20H21FN2O3/c1-13(24)15-4-2-5-17(12-15)22-20(25)23-19(18-6-3-11-26-18)14-7-9-16(21)10-8-14/h2,4-5,7-10,12,18-19H,3,6,11H2,1H3,(H2,22,23,25). The van der Waals surface area contributed by atoms with Crippen molar-refractivity contribution in [2.75, 3.05) is 11.9 Å². The largest absolute Gasteiger partial charge is 0.376 e. The smallest absolute Gasteiger partial charge is 0.319 e. The van der Waals surface area contributed by atoms with Crippen LogP contribution in [0.1, 0.15) is 41.7 Å². The average molecular weight is 356 g/mol. The van der Waals surface area contributed by atoms with E-state index in [1.807, 2.05) is 0 Å². The van der Waals surface area contributed by atoms with Crippen molar-refractivity contribution < 1.29 is 18.7 Å². The van der Waals surface area contributed by atoms with E-state index in [9.17, 15) is 14.0 Å². The second-order valence-corrected chi connectivity index (χ2v) is 6.32. The Morgan fingerprint density at radius 3 is 2.62 bits per heavy atom. The zero-order chi connectivity index (χ0) is 18.5. The van der Waals surface area contributed by atoms with Gasteiger partial charge in [-0.05, 0) is 49.6 Å². The van der Waals surface area contributed by atoms with Crippen LogP contribution in [0.2, 0.25) is 0 Å². The van der Waals surface area contributed by atoms with Crippen LogP contribution in [0.4, 0.5) is 14.9 Å². The van der Waals surface area contributed by atoms with E-state index in [1.54, 1.807) is 36.4 Å². The Morgan fingerprint density at radius 1 is 1.19 bits per heavy atom. The summed E-state index contributed by atoms with van der Waals surface area (Å²) in [5.74, 6) is -0.400. The Balaban J connectivity index is 1.73. The van der Waals surface area contributed by atoms with Gasteiger partial charge in [0.25, 0.3) is 0 Å². The molecule has 136 valence electrons. The van der Waals surface area contributed by atoms with Gasteiger partial charge in [-0.3, -0.25) is 4.79 Å². The van der Waals surface area contributed by atoms with Crippen LogP contribution in [0.3, 0.4) is 0 Å². The minimum Gasteiger partial charge on any atom is -0.376 e. The summed E-state index contributed by atoms with van der Waals surface area (Å²) in [5, 5.41) is 5.65. The van der Waals surface area contributed by atoms with Crippen LogP contribution in [-0.2, 0) is 4.74 Å². The van der Waals surface area contributed by atoms with E-state index in [4.69, 9.17) is 4.74 Å². The number of hydrogen-bond acceptors (Lipinski definition) is 3. The third-order valence-electron chi connectivity index (χ3n) is 4.38. The maximum atomic E-state index is 13.2. The summed E-state index contributed by atoms with van der Waals surface area (Å²) in [4.78, 5) is 23.9. The lowest BCUT2D eigenvalue weighted by atomic mass is 9.99. The first-order valence-corrected chi connectivity index (χ1v) is 8.58.